The number of hydrogen-bond acceptors (Lipinski definition) is 7. The number of carbonyl (C=O) groups excluding carboxylic acids is 1. The van der Waals surface area contributed by atoms with Crippen LogP contribution in [0.2, 0.25) is 0 Å². The van der Waals surface area contributed by atoms with Crippen LogP contribution in [0.25, 0.3) is 11.0 Å². The molecule has 2 aliphatic rings. The molecule has 1 amide bonds. The smallest absolute Gasteiger partial charge is 0.253 e. The second kappa shape index (κ2) is 7.76. The summed E-state index contributed by atoms with van der Waals surface area (Å²) in [5.74, 6) is 2.14. The number of thioether (sulfide) groups is 1. The lowest BCUT2D eigenvalue weighted by atomic mass is 10.0. The number of nitrogens with zero attached hydrogens (tertiary/aromatic N) is 3. The van der Waals surface area contributed by atoms with Gasteiger partial charge in [0.15, 0.2) is 16.7 Å². The molecular formula is C23H18N4O4S. The van der Waals surface area contributed by atoms with Gasteiger partial charge < -0.3 is 18.9 Å². The van der Waals surface area contributed by atoms with Crippen molar-refractivity contribution < 1.29 is 18.7 Å². The Bertz CT molecular complexity index is 1300. The number of fused-ring (bicyclic) bond motifs is 2. The van der Waals surface area contributed by atoms with Gasteiger partial charge in [0.25, 0.3) is 5.91 Å². The first-order valence-electron chi connectivity index (χ1n) is 10.1. The number of benzene rings is 2. The molecule has 6 rings (SSSR count). The van der Waals surface area contributed by atoms with E-state index in [1.165, 1.54) is 11.8 Å². The zero-order chi connectivity index (χ0) is 21.5. The zero-order valence-corrected chi connectivity index (χ0v) is 17.7. The van der Waals surface area contributed by atoms with Gasteiger partial charge >= 0.3 is 0 Å². The number of hydrazone groups is 1. The van der Waals surface area contributed by atoms with Gasteiger partial charge in [0.05, 0.1) is 29.1 Å². The summed E-state index contributed by atoms with van der Waals surface area (Å²) in [5, 5.41) is 6.88. The molecule has 0 spiro atoms. The predicted octanol–water partition coefficient (Wildman–Crippen LogP) is 4.35. The molecule has 160 valence electrons. The van der Waals surface area contributed by atoms with Crippen molar-refractivity contribution in [1.82, 2.24) is 15.0 Å². The Labute approximate surface area is 187 Å². The monoisotopic (exact) mass is 446 g/mol. The number of carbonyl (C=O) groups is 1. The number of rotatable bonds is 5. The van der Waals surface area contributed by atoms with Gasteiger partial charge in [0.2, 0.25) is 6.79 Å². The zero-order valence-electron chi connectivity index (χ0n) is 16.9. The maximum atomic E-state index is 13.2. The number of H-pyrrole nitrogens is 1. The Morgan fingerprint density at radius 3 is 2.91 bits per heavy atom. The molecule has 0 aliphatic carbocycles. The Kier molecular flexibility index (Phi) is 4.61. The van der Waals surface area contributed by atoms with Gasteiger partial charge in [-0.3, -0.25) is 4.79 Å². The second-order valence-electron chi connectivity index (χ2n) is 7.44. The third-order valence-corrected chi connectivity index (χ3v) is 6.31. The highest BCUT2D eigenvalue weighted by Gasteiger charge is 2.35. The molecule has 0 saturated carbocycles. The molecule has 0 bridgehead atoms. The fourth-order valence-corrected chi connectivity index (χ4v) is 4.64. The highest BCUT2D eigenvalue weighted by molar-refractivity contribution is 7.99. The molecule has 2 aliphatic heterocycles. The second-order valence-corrected chi connectivity index (χ2v) is 8.41. The summed E-state index contributed by atoms with van der Waals surface area (Å²) in [4.78, 5) is 21.0. The van der Waals surface area contributed by atoms with Crippen LogP contribution in [0.3, 0.4) is 0 Å². The minimum atomic E-state index is -0.256. The number of aromatic amines is 1. The van der Waals surface area contributed by atoms with Crippen LogP contribution in [0, 0.1) is 0 Å². The third-order valence-electron chi connectivity index (χ3n) is 5.45. The minimum Gasteiger partial charge on any atom is -0.463 e. The third kappa shape index (κ3) is 3.40. The minimum absolute atomic E-state index is 0.111. The van der Waals surface area contributed by atoms with Crippen molar-refractivity contribution in [1.29, 1.82) is 0 Å². The summed E-state index contributed by atoms with van der Waals surface area (Å²) < 4.78 is 16.5. The van der Waals surface area contributed by atoms with E-state index in [4.69, 9.17) is 13.9 Å². The summed E-state index contributed by atoms with van der Waals surface area (Å²) in [6.45, 7) is 0.203. The van der Waals surface area contributed by atoms with E-state index in [2.05, 4.69) is 15.1 Å². The van der Waals surface area contributed by atoms with Crippen LogP contribution < -0.4 is 9.47 Å². The lowest BCUT2D eigenvalue weighted by Gasteiger charge is -2.22. The molecule has 0 unspecified atom stereocenters. The maximum Gasteiger partial charge on any atom is 0.253 e. The van der Waals surface area contributed by atoms with Crippen molar-refractivity contribution in [2.45, 2.75) is 17.6 Å². The fraction of sp³-hybridized carbons (Fsp3) is 0.174. The molecule has 2 aromatic heterocycles. The van der Waals surface area contributed by atoms with Crippen LogP contribution in [0.5, 0.6) is 11.5 Å². The van der Waals surface area contributed by atoms with E-state index < -0.39 is 0 Å². The quantitative estimate of drug-likeness (QED) is 0.458. The van der Waals surface area contributed by atoms with Crippen LogP contribution >= 0.6 is 11.8 Å². The van der Waals surface area contributed by atoms with Crippen LogP contribution in [0.1, 0.15) is 23.8 Å². The Morgan fingerprint density at radius 2 is 2.03 bits per heavy atom. The topological polar surface area (TPSA) is 93.0 Å². The molecule has 0 saturated heterocycles. The molecule has 8 nitrogen and oxygen atoms in total. The summed E-state index contributed by atoms with van der Waals surface area (Å²) in [5.41, 5.74) is 3.49. The molecule has 2 aromatic carbocycles. The SMILES string of the molecule is O=C(CSc1nc2ccccc2[nH]1)N1N=C(c2ccco2)C[C@H]1c1ccc2c(c1)OCO2. The van der Waals surface area contributed by atoms with E-state index in [0.717, 1.165) is 22.3 Å². The highest BCUT2D eigenvalue weighted by atomic mass is 32.2. The summed E-state index contributed by atoms with van der Waals surface area (Å²) in [7, 11) is 0. The lowest BCUT2D eigenvalue weighted by molar-refractivity contribution is -0.130. The van der Waals surface area contributed by atoms with Crippen LogP contribution in [0.4, 0.5) is 0 Å². The van der Waals surface area contributed by atoms with Gasteiger partial charge in [-0.25, -0.2) is 9.99 Å². The van der Waals surface area contributed by atoms with Gasteiger partial charge in [-0.05, 0) is 42.0 Å². The number of imidazole rings is 1. The van der Waals surface area contributed by atoms with Crippen LogP contribution in [-0.2, 0) is 4.79 Å². The van der Waals surface area contributed by atoms with E-state index in [9.17, 15) is 4.79 Å². The first-order chi connectivity index (χ1) is 15.7. The number of hydrogen-bond donors (Lipinski definition) is 1. The molecule has 4 aromatic rings. The molecule has 0 fully saturated rings. The number of furan rings is 1. The van der Waals surface area contributed by atoms with Crippen LogP contribution in [0.15, 0.2) is 75.5 Å². The molecule has 1 atom stereocenters. The summed E-state index contributed by atoms with van der Waals surface area (Å²) in [6, 6.07) is 16.9. The average Bonchev–Trinajstić information content (AvgIpc) is 3.61. The Morgan fingerprint density at radius 1 is 1.12 bits per heavy atom. The van der Waals surface area contributed by atoms with Crippen molar-refractivity contribution in [3.63, 3.8) is 0 Å². The van der Waals surface area contributed by atoms with Crippen molar-refractivity contribution in [2.75, 3.05) is 12.5 Å². The molecule has 32 heavy (non-hydrogen) atoms. The summed E-state index contributed by atoms with van der Waals surface area (Å²) >= 11 is 1.36. The van der Waals surface area contributed by atoms with E-state index in [0.29, 0.717) is 28.8 Å². The fourth-order valence-electron chi connectivity index (χ4n) is 3.91. The molecule has 4 heterocycles. The Balaban J connectivity index is 1.26. The first-order valence-corrected chi connectivity index (χ1v) is 11.1. The van der Waals surface area contributed by atoms with Gasteiger partial charge in [-0.2, -0.15) is 5.10 Å². The maximum absolute atomic E-state index is 13.2. The number of amides is 1. The van der Waals surface area contributed by atoms with Crippen molar-refractivity contribution in [2.24, 2.45) is 5.10 Å². The first kappa shape index (κ1) is 19.0. The number of nitrogens with one attached hydrogen (secondary N) is 1. The molecule has 0 radical (unpaired) electrons. The number of ether oxygens (including phenoxy) is 2. The van der Waals surface area contributed by atoms with Gasteiger partial charge in [0.1, 0.15) is 11.5 Å². The standard InChI is InChI=1S/C23H18N4O4S/c28-22(12-32-23-24-15-4-1-2-5-16(15)25-23)27-18(11-17(26-27)19-6-3-9-29-19)14-7-8-20-21(10-14)31-13-30-20/h1-10,18H,11-13H2,(H,24,25)/t18-/m0/s1. The van der Waals surface area contributed by atoms with Crippen molar-refractivity contribution in [3.05, 3.63) is 72.2 Å². The molecule has 9 heteroatoms. The average molecular weight is 446 g/mol. The van der Waals surface area contributed by atoms with Crippen molar-refractivity contribution in [3.8, 4) is 11.5 Å². The molecule has 1 N–H and O–H groups in total. The normalized spacial score (nSPS) is 17.2. The number of para-hydroxylation sites is 2. The van der Waals surface area contributed by atoms with Crippen LogP contribution in [-0.4, -0.2) is 39.1 Å². The highest BCUT2D eigenvalue weighted by Crippen LogP contribution is 2.39. The van der Waals surface area contributed by atoms with Gasteiger partial charge in [0, 0.05) is 6.42 Å². The Hall–Kier alpha value is -3.72. The number of aromatic nitrogens is 2. The van der Waals surface area contributed by atoms with E-state index in [1.54, 1.807) is 11.3 Å². The van der Waals surface area contributed by atoms with E-state index in [-0.39, 0.29) is 24.5 Å². The largest absolute Gasteiger partial charge is 0.463 e. The van der Waals surface area contributed by atoms with E-state index >= 15 is 0 Å². The lowest BCUT2D eigenvalue weighted by Crippen LogP contribution is -2.28. The van der Waals surface area contributed by atoms with Gasteiger partial charge in [-0.15, -0.1) is 0 Å². The van der Waals surface area contributed by atoms with Crippen molar-refractivity contribution >= 4 is 34.4 Å². The predicted molar refractivity (Wildman–Crippen MR) is 119 cm³/mol. The van der Waals surface area contributed by atoms with E-state index in [1.807, 2.05) is 54.6 Å². The molecular weight excluding hydrogens is 428 g/mol. The summed E-state index contributed by atoms with van der Waals surface area (Å²) in [6.07, 6.45) is 2.16. The van der Waals surface area contributed by atoms with Gasteiger partial charge in [-0.1, -0.05) is 30.0 Å².